The minimum atomic E-state index is 0.653. The Morgan fingerprint density at radius 2 is 2.11 bits per heavy atom. The van der Waals surface area contributed by atoms with Crippen molar-refractivity contribution in [2.75, 3.05) is 22.9 Å². The van der Waals surface area contributed by atoms with Gasteiger partial charge in [0.25, 0.3) is 0 Å². The molecule has 140 valence electrons. The number of anilines is 3. The highest BCUT2D eigenvalue weighted by Gasteiger charge is 2.25. The van der Waals surface area contributed by atoms with Crippen molar-refractivity contribution in [2.24, 2.45) is 0 Å². The molecule has 0 fully saturated rings. The normalized spacial score (nSPS) is 13.0. The fourth-order valence-electron chi connectivity index (χ4n) is 3.63. The minimum absolute atomic E-state index is 0.653. The van der Waals surface area contributed by atoms with E-state index >= 15 is 0 Å². The summed E-state index contributed by atoms with van der Waals surface area (Å²) in [6.07, 6.45) is 7.52. The second-order valence-corrected chi connectivity index (χ2v) is 6.73. The van der Waals surface area contributed by atoms with E-state index < -0.39 is 0 Å². The smallest absolute Gasteiger partial charge is 0.152 e. The lowest BCUT2D eigenvalue weighted by Crippen LogP contribution is -2.34. The first-order valence-corrected chi connectivity index (χ1v) is 9.33. The maximum Gasteiger partial charge on any atom is 0.152 e. The van der Waals surface area contributed by atoms with Gasteiger partial charge in [0.15, 0.2) is 5.82 Å². The van der Waals surface area contributed by atoms with Gasteiger partial charge in [-0.1, -0.05) is 6.07 Å². The topological polar surface area (TPSA) is 81.8 Å². The Balaban J connectivity index is 1.74. The lowest BCUT2D eigenvalue weighted by molar-refractivity contribution is 0.700. The van der Waals surface area contributed by atoms with Crippen LogP contribution in [0.5, 0.6) is 0 Å². The van der Waals surface area contributed by atoms with Crippen molar-refractivity contribution in [3.05, 3.63) is 65.5 Å². The molecule has 0 N–H and O–H groups in total. The van der Waals surface area contributed by atoms with Gasteiger partial charge in [-0.3, -0.25) is 4.98 Å². The van der Waals surface area contributed by atoms with E-state index in [2.05, 4.69) is 42.7 Å². The molecule has 0 amide bonds. The number of nitrogens with zero attached hydrogens (tertiary/aromatic N) is 7. The molecule has 28 heavy (non-hydrogen) atoms. The van der Waals surface area contributed by atoms with E-state index in [1.54, 1.807) is 24.9 Å². The Bertz CT molecular complexity index is 1030. The third-order valence-electron chi connectivity index (χ3n) is 4.99. The van der Waals surface area contributed by atoms with E-state index in [0.29, 0.717) is 12.1 Å². The molecule has 4 rings (SSSR count). The molecule has 0 saturated carbocycles. The molecular weight excluding hydrogens is 350 g/mol. The van der Waals surface area contributed by atoms with Crippen LogP contribution in [0.1, 0.15) is 29.3 Å². The maximum atomic E-state index is 9.57. The predicted octanol–water partition coefficient (Wildman–Crippen LogP) is 3.17. The lowest BCUT2D eigenvalue weighted by Gasteiger charge is -2.33. The molecule has 1 aromatic carbocycles. The molecule has 2 aromatic heterocycles. The van der Waals surface area contributed by atoms with Crippen LogP contribution in [-0.2, 0) is 13.0 Å². The summed E-state index contributed by atoms with van der Waals surface area (Å²) in [5.74, 6) is 1.61. The SMILES string of the molecule is CCN(c1cnccn1)c1ncnc2c1CN(c1ccc(C)cc1C#N)CC2. The average molecular weight is 371 g/mol. The fourth-order valence-corrected chi connectivity index (χ4v) is 3.63. The molecule has 0 aliphatic carbocycles. The standard InChI is InChI=1S/C21H21N7/c1-3-28(20-12-23-7-8-24-20)21-17-13-27(9-6-18(17)25-14-26-21)19-5-4-15(2)10-16(19)11-22/h4-5,7-8,10,12,14H,3,6,9,13H2,1-2H3. The fraction of sp³-hybridized carbons (Fsp3) is 0.286. The quantitative estimate of drug-likeness (QED) is 0.696. The summed E-state index contributed by atoms with van der Waals surface area (Å²) in [6.45, 7) is 6.26. The number of aryl methyl sites for hydroxylation is 1. The zero-order valence-corrected chi connectivity index (χ0v) is 16.0. The first-order chi connectivity index (χ1) is 13.7. The molecule has 3 aromatic rings. The van der Waals surface area contributed by atoms with Gasteiger partial charge in [-0.2, -0.15) is 5.26 Å². The van der Waals surface area contributed by atoms with Gasteiger partial charge >= 0.3 is 0 Å². The number of rotatable bonds is 4. The van der Waals surface area contributed by atoms with Gasteiger partial charge in [0.05, 0.1) is 23.1 Å². The van der Waals surface area contributed by atoms with Gasteiger partial charge in [0.1, 0.15) is 18.2 Å². The zero-order valence-electron chi connectivity index (χ0n) is 16.0. The highest BCUT2D eigenvalue weighted by molar-refractivity contribution is 5.65. The monoisotopic (exact) mass is 371 g/mol. The van der Waals surface area contributed by atoms with E-state index in [9.17, 15) is 5.26 Å². The third kappa shape index (κ3) is 3.25. The molecule has 0 atom stereocenters. The van der Waals surface area contributed by atoms with Crippen LogP contribution in [0.25, 0.3) is 0 Å². The van der Waals surface area contributed by atoms with Crippen molar-refractivity contribution in [2.45, 2.75) is 26.8 Å². The summed E-state index contributed by atoms with van der Waals surface area (Å²) < 4.78 is 0. The first-order valence-electron chi connectivity index (χ1n) is 9.33. The first kappa shape index (κ1) is 17.9. The summed E-state index contributed by atoms with van der Waals surface area (Å²) >= 11 is 0. The highest BCUT2D eigenvalue weighted by Crippen LogP contribution is 2.32. The Morgan fingerprint density at radius 1 is 1.21 bits per heavy atom. The van der Waals surface area contributed by atoms with Crippen molar-refractivity contribution in [1.29, 1.82) is 5.26 Å². The zero-order chi connectivity index (χ0) is 19.5. The van der Waals surface area contributed by atoms with E-state index in [0.717, 1.165) is 53.7 Å². The summed E-state index contributed by atoms with van der Waals surface area (Å²) in [7, 11) is 0. The van der Waals surface area contributed by atoms with Gasteiger partial charge in [0, 0.05) is 44.0 Å². The second kappa shape index (κ2) is 7.61. The minimum Gasteiger partial charge on any atom is -0.366 e. The molecule has 3 heterocycles. The van der Waals surface area contributed by atoms with Crippen LogP contribution >= 0.6 is 0 Å². The third-order valence-corrected chi connectivity index (χ3v) is 4.99. The molecule has 0 radical (unpaired) electrons. The molecule has 1 aliphatic rings. The summed E-state index contributed by atoms with van der Waals surface area (Å²) in [4.78, 5) is 22.0. The largest absolute Gasteiger partial charge is 0.366 e. The summed E-state index contributed by atoms with van der Waals surface area (Å²) in [6, 6.07) is 8.34. The predicted molar refractivity (Wildman–Crippen MR) is 107 cm³/mol. The molecule has 0 unspecified atom stereocenters. The Labute approximate surface area is 164 Å². The van der Waals surface area contributed by atoms with Crippen molar-refractivity contribution in [1.82, 2.24) is 19.9 Å². The van der Waals surface area contributed by atoms with E-state index in [4.69, 9.17) is 0 Å². The second-order valence-electron chi connectivity index (χ2n) is 6.73. The van der Waals surface area contributed by atoms with E-state index in [1.165, 1.54) is 0 Å². The van der Waals surface area contributed by atoms with E-state index in [1.807, 2.05) is 25.1 Å². The van der Waals surface area contributed by atoms with Gasteiger partial charge in [0.2, 0.25) is 0 Å². The number of nitriles is 1. The molecule has 0 bridgehead atoms. The van der Waals surface area contributed by atoms with Crippen molar-refractivity contribution < 1.29 is 0 Å². The Morgan fingerprint density at radius 3 is 2.86 bits per heavy atom. The van der Waals surface area contributed by atoms with Crippen LogP contribution < -0.4 is 9.80 Å². The molecule has 1 aliphatic heterocycles. The number of hydrogen-bond donors (Lipinski definition) is 0. The lowest BCUT2D eigenvalue weighted by atomic mass is 10.0. The molecule has 0 saturated heterocycles. The van der Waals surface area contributed by atoms with Gasteiger partial charge in [-0.15, -0.1) is 0 Å². The highest BCUT2D eigenvalue weighted by atomic mass is 15.3. The number of hydrogen-bond acceptors (Lipinski definition) is 7. The van der Waals surface area contributed by atoms with E-state index in [-0.39, 0.29) is 0 Å². The van der Waals surface area contributed by atoms with Crippen molar-refractivity contribution in [3.8, 4) is 6.07 Å². The van der Waals surface area contributed by atoms with Crippen molar-refractivity contribution >= 4 is 17.3 Å². The molecular formula is C21H21N7. The van der Waals surface area contributed by atoms with Crippen LogP contribution in [-0.4, -0.2) is 33.0 Å². The van der Waals surface area contributed by atoms with Crippen molar-refractivity contribution in [3.63, 3.8) is 0 Å². The van der Waals surface area contributed by atoms with Crippen LogP contribution in [0, 0.1) is 18.3 Å². The molecule has 7 nitrogen and oxygen atoms in total. The average Bonchev–Trinajstić information content (AvgIpc) is 2.75. The van der Waals surface area contributed by atoms with Gasteiger partial charge in [-0.25, -0.2) is 15.0 Å². The van der Waals surface area contributed by atoms with Crippen LogP contribution in [0.3, 0.4) is 0 Å². The number of benzene rings is 1. The van der Waals surface area contributed by atoms with Crippen LogP contribution in [0.15, 0.2) is 43.1 Å². The summed E-state index contributed by atoms with van der Waals surface area (Å²) in [5, 5.41) is 9.57. The van der Waals surface area contributed by atoms with Crippen LogP contribution in [0.4, 0.5) is 17.3 Å². The maximum absolute atomic E-state index is 9.57. The number of aromatic nitrogens is 4. The Hall–Kier alpha value is -3.53. The molecule has 7 heteroatoms. The Kier molecular flexibility index (Phi) is 4.85. The summed E-state index contributed by atoms with van der Waals surface area (Å²) in [5.41, 5.74) is 4.86. The van der Waals surface area contributed by atoms with Crippen LogP contribution in [0.2, 0.25) is 0 Å². The molecule has 0 spiro atoms. The van der Waals surface area contributed by atoms with Gasteiger partial charge < -0.3 is 9.80 Å². The number of fused-ring (bicyclic) bond motifs is 1. The van der Waals surface area contributed by atoms with Gasteiger partial charge in [-0.05, 0) is 31.5 Å².